The van der Waals surface area contributed by atoms with Crippen LogP contribution >= 0.6 is 0 Å². The molecule has 1 aliphatic rings. The Balaban J connectivity index is 1.85. The van der Waals surface area contributed by atoms with E-state index in [9.17, 15) is 14.4 Å². The minimum absolute atomic E-state index is 0.236. The Labute approximate surface area is 132 Å². The van der Waals surface area contributed by atoms with Gasteiger partial charge in [-0.3, -0.25) is 19.7 Å². The molecular formula is C16H17N4O3+. The van der Waals surface area contributed by atoms with Crippen LogP contribution in [0.4, 0.5) is 0 Å². The number of benzene rings is 1. The molecule has 0 spiro atoms. The lowest BCUT2D eigenvalue weighted by molar-refractivity contribution is -0.657. The van der Waals surface area contributed by atoms with E-state index in [2.05, 4.69) is 10.4 Å². The van der Waals surface area contributed by atoms with Crippen molar-refractivity contribution >= 4 is 17.7 Å². The summed E-state index contributed by atoms with van der Waals surface area (Å²) in [6, 6.07) is 10.4. The van der Waals surface area contributed by atoms with Crippen LogP contribution in [0.25, 0.3) is 5.69 Å². The quantitative estimate of drug-likeness (QED) is 0.625. The Morgan fingerprint density at radius 2 is 1.96 bits per heavy atom. The number of amides is 3. The molecular weight excluding hydrogens is 296 g/mol. The van der Waals surface area contributed by atoms with Crippen LogP contribution in [0.3, 0.4) is 0 Å². The summed E-state index contributed by atoms with van der Waals surface area (Å²) in [6.07, 6.45) is 2.24. The number of H-pyrrole nitrogens is 1. The monoisotopic (exact) mass is 313 g/mol. The highest BCUT2D eigenvalue weighted by Crippen LogP contribution is 2.13. The van der Waals surface area contributed by atoms with Crippen LogP contribution in [0.2, 0.25) is 0 Å². The Morgan fingerprint density at radius 1 is 1.22 bits per heavy atom. The largest absolute Gasteiger partial charge is 0.324 e. The number of hydrogen-bond donors (Lipinski definition) is 2. The van der Waals surface area contributed by atoms with Gasteiger partial charge in [0.2, 0.25) is 17.5 Å². The molecule has 0 saturated carbocycles. The first-order chi connectivity index (χ1) is 11.1. The lowest BCUT2D eigenvalue weighted by Crippen LogP contribution is -2.54. The van der Waals surface area contributed by atoms with E-state index in [4.69, 9.17) is 0 Å². The summed E-state index contributed by atoms with van der Waals surface area (Å²) in [6.45, 7) is 0. The summed E-state index contributed by atoms with van der Waals surface area (Å²) in [5.74, 6) is -1.02. The topological polar surface area (TPSA) is 86.2 Å². The highest BCUT2D eigenvalue weighted by molar-refractivity contribution is 6.03. The van der Waals surface area contributed by atoms with Gasteiger partial charge >= 0.3 is 11.6 Å². The third kappa shape index (κ3) is 2.85. The Hall–Kier alpha value is -2.96. The first-order valence-electron chi connectivity index (χ1n) is 7.33. The van der Waals surface area contributed by atoms with Crippen LogP contribution in [0, 0.1) is 0 Å². The van der Waals surface area contributed by atoms with Crippen molar-refractivity contribution in [2.75, 3.05) is 7.05 Å². The molecule has 0 radical (unpaired) electrons. The summed E-state index contributed by atoms with van der Waals surface area (Å²) in [5, 5.41) is 5.26. The minimum Gasteiger partial charge on any atom is -0.324 e. The maximum Gasteiger partial charge on any atom is 0.322 e. The number of piperidine rings is 1. The van der Waals surface area contributed by atoms with Gasteiger partial charge in [0.05, 0.1) is 6.20 Å². The van der Waals surface area contributed by atoms with Crippen molar-refractivity contribution in [1.29, 1.82) is 0 Å². The Morgan fingerprint density at radius 3 is 2.65 bits per heavy atom. The molecule has 118 valence electrons. The smallest absolute Gasteiger partial charge is 0.322 e. The number of likely N-dealkylation sites (N-methyl/N-ethyl adjacent to an activating group) is 1. The van der Waals surface area contributed by atoms with Crippen LogP contribution in [-0.4, -0.2) is 40.8 Å². The summed E-state index contributed by atoms with van der Waals surface area (Å²) in [4.78, 5) is 37.3. The number of nitrogens with zero attached hydrogens (tertiary/aromatic N) is 2. The van der Waals surface area contributed by atoms with Gasteiger partial charge < -0.3 is 4.90 Å². The number of nitrogens with one attached hydrogen (secondary N) is 2. The second-order valence-electron chi connectivity index (χ2n) is 5.40. The Kier molecular flexibility index (Phi) is 3.92. The molecule has 1 aromatic carbocycles. The number of hydrogen-bond acceptors (Lipinski definition) is 3. The van der Waals surface area contributed by atoms with Crippen molar-refractivity contribution in [3.05, 3.63) is 48.3 Å². The van der Waals surface area contributed by atoms with Gasteiger partial charge in [0.15, 0.2) is 0 Å². The molecule has 7 nitrogen and oxygen atoms in total. The molecule has 7 heteroatoms. The summed E-state index contributed by atoms with van der Waals surface area (Å²) in [7, 11) is 1.57. The van der Waals surface area contributed by atoms with Crippen LogP contribution in [0.1, 0.15) is 23.3 Å². The first-order valence-corrected chi connectivity index (χ1v) is 7.33. The highest BCUT2D eigenvalue weighted by atomic mass is 16.2. The predicted molar refractivity (Wildman–Crippen MR) is 80.6 cm³/mol. The van der Waals surface area contributed by atoms with Crippen molar-refractivity contribution < 1.29 is 19.1 Å². The van der Waals surface area contributed by atoms with Crippen LogP contribution < -0.4 is 10.00 Å². The van der Waals surface area contributed by atoms with Gasteiger partial charge in [-0.2, -0.15) is 5.10 Å². The SMILES string of the molecule is CN(C(=O)c1cc[nH][n+]1-c1ccccc1)C1CCC(=O)NC1=O. The molecule has 2 N–H and O–H groups in total. The van der Waals surface area contributed by atoms with E-state index in [1.165, 1.54) is 4.90 Å². The van der Waals surface area contributed by atoms with E-state index in [1.54, 1.807) is 24.0 Å². The minimum atomic E-state index is -0.640. The van der Waals surface area contributed by atoms with E-state index >= 15 is 0 Å². The first kappa shape index (κ1) is 15.0. The van der Waals surface area contributed by atoms with Crippen LogP contribution in [0.15, 0.2) is 42.6 Å². The van der Waals surface area contributed by atoms with Crippen molar-refractivity contribution in [3.8, 4) is 5.69 Å². The third-order valence-electron chi connectivity index (χ3n) is 3.92. The van der Waals surface area contributed by atoms with Crippen LogP contribution in [-0.2, 0) is 9.59 Å². The lowest BCUT2D eigenvalue weighted by atomic mass is 10.0. The van der Waals surface area contributed by atoms with E-state index < -0.39 is 11.9 Å². The van der Waals surface area contributed by atoms with Gasteiger partial charge in [0, 0.05) is 31.7 Å². The van der Waals surface area contributed by atoms with Gasteiger partial charge in [-0.15, -0.1) is 0 Å². The average molecular weight is 313 g/mol. The molecule has 2 heterocycles. The second-order valence-corrected chi connectivity index (χ2v) is 5.40. The number of para-hydroxylation sites is 1. The van der Waals surface area contributed by atoms with Gasteiger partial charge in [-0.05, 0) is 6.42 Å². The molecule has 0 bridgehead atoms. The van der Waals surface area contributed by atoms with Crippen molar-refractivity contribution in [2.45, 2.75) is 18.9 Å². The maximum atomic E-state index is 12.7. The Bertz CT molecular complexity index is 754. The fourth-order valence-corrected chi connectivity index (χ4v) is 2.67. The van der Waals surface area contributed by atoms with E-state index in [1.807, 2.05) is 30.3 Å². The molecule has 23 heavy (non-hydrogen) atoms. The number of aromatic amines is 1. The predicted octanol–water partition coefficient (Wildman–Crippen LogP) is 0.169. The van der Waals surface area contributed by atoms with Gasteiger partial charge in [0.25, 0.3) is 0 Å². The van der Waals surface area contributed by atoms with E-state index in [-0.39, 0.29) is 18.2 Å². The lowest BCUT2D eigenvalue weighted by Gasteiger charge is -2.28. The van der Waals surface area contributed by atoms with Crippen molar-refractivity contribution in [1.82, 2.24) is 15.3 Å². The number of imide groups is 1. The summed E-state index contributed by atoms with van der Waals surface area (Å²) in [5.41, 5.74) is 1.24. The molecule has 1 aromatic heterocycles. The zero-order valence-electron chi connectivity index (χ0n) is 12.7. The van der Waals surface area contributed by atoms with E-state index in [0.29, 0.717) is 12.1 Å². The second kappa shape index (κ2) is 6.04. The third-order valence-corrected chi connectivity index (χ3v) is 3.92. The van der Waals surface area contributed by atoms with Gasteiger partial charge in [-0.1, -0.05) is 22.9 Å². The zero-order valence-corrected chi connectivity index (χ0v) is 12.7. The number of carbonyl (C=O) groups excluding carboxylic acids is 3. The molecule has 1 saturated heterocycles. The van der Waals surface area contributed by atoms with Gasteiger partial charge in [-0.25, -0.2) is 0 Å². The van der Waals surface area contributed by atoms with Crippen LogP contribution in [0.5, 0.6) is 0 Å². The maximum absolute atomic E-state index is 12.7. The molecule has 2 aromatic rings. The number of carbonyl (C=O) groups is 3. The number of rotatable bonds is 3. The highest BCUT2D eigenvalue weighted by Gasteiger charge is 2.36. The fraction of sp³-hybridized carbons (Fsp3) is 0.250. The van der Waals surface area contributed by atoms with Crippen molar-refractivity contribution in [3.63, 3.8) is 0 Å². The summed E-state index contributed by atoms with van der Waals surface area (Å²) >= 11 is 0. The average Bonchev–Trinajstić information content (AvgIpc) is 3.04. The number of aromatic nitrogens is 2. The molecule has 1 fully saturated rings. The van der Waals surface area contributed by atoms with Gasteiger partial charge in [0.1, 0.15) is 6.04 Å². The molecule has 1 atom stereocenters. The molecule has 0 aliphatic carbocycles. The van der Waals surface area contributed by atoms with Crippen molar-refractivity contribution in [2.24, 2.45) is 0 Å². The zero-order chi connectivity index (χ0) is 16.4. The summed E-state index contributed by atoms with van der Waals surface area (Å²) < 4.78 is 1.66. The molecule has 3 amide bonds. The van der Waals surface area contributed by atoms with E-state index in [0.717, 1.165) is 5.69 Å². The standard InChI is InChI=1S/C16H16N4O3/c1-19(12-7-8-14(21)18-15(12)22)16(23)13-9-10-17-20(13)11-5-3-2-4-6-11/h2-6,9-10,12H,7-8H2,1H3,(H,18,21,22)/p+1. The molecule has 1 aliphatic heterocycles. The molecule has 3 rings (SSSR count). The molecule has 1 unspecified atom stereocenters. The normalized spacial score (nSPS) is 17.7. The fourth-order valence-electron chi connectivity index (χ4n) is 2.67.